The Kier molecular flexibility index (Phi) is 5.50. The fraction of sp³-hybridized carbons (Fsp3) is 0.111. The van der Waals surface area contributed by atoms with E-state index in [1.165, 1.54) is 24.3 Å². The lowest BCUT2D eigenvalue weighted by Gasteiger charge is -2.30. The smallest absolute Gasteiger partial charge is 0.418 e. The van der Waals surface area contributed by atoms with Crippen molar-refractivity contribution in [3.8, 4) is 33.8 Å². The number of rotatable bonds is 2. The number of nitrogens with zero attached hydrogens (tertiary/aromatic N) is 1. The molecule has 0 radical (unpaired) electrons. The second-order valence-electron chi connectivity index (χ2n) is 8.63. The maximum atomic E-state index is 13.4. The lowest BCUT2D eigenvalue weighted by Crippen LogP contribution is -2.16. The van der Waals surface area contributed by atoms with Crippen LogP contribution in [-0.2, 0) is 12.4 Å². The number of ether oxygens (including phenoxy) is 1. The maximum absolute atomic E-state index is 13.4. The lowest BCUT2D eigenvalue weighted by atomic mass is 9.98. The van der Waals surface area contributed by atoms with Crippen LogP contribution in [0.3, 0.4) is 0 Å². The third-order valence-electron chi connectivity index (χ3n) is 6.24. The Hall–Kier alpha value is -4.34. The number of hydrogen-bond donors (Lipinski definition) is 2. The van der Waals surface area contributed by atoms with Crippen LogP contribution < -0.4 is 21.1 Å². The van der Waals surface area contributed by atoms with Gasteiger partial charge >= 0.3 is 12.4 Å². The monoisotopic (exact) mass is 515 g/mol. The molecule has 10 heteroatoms. The van der Waals surface area contributed by atoms with Gasteiger partial charge in [0, 0.05) is 18.4 Å². The number of halogens is 6. The van der Waals surface area contributed by atoms with Gasteiger partial charge in [-0.1, -0.05) is 24.3 Å². The summed E-state index contributed by atoms with van der Waals surface area (Å²) in [5, 5.41) is 0. The summed E-state index contributed by atoms with van der Waals surface area (Å²) in [6, 6.07) is 17.4. The molecule has 0 saturated carbocycles. The van der Waals surface area contributed by atoms with Crippen LogP contribution in [0.4, 0.5) is 49.1 Å². The second-order valence-corrected chi connectivity index (χ2v) is 8.63. The van der Waals surface area contributed by atoms with Gasteiger partial charge in [-0.15, -0.1) is 0 Å². The molecule has 0 spiro atoms. The number of nitrogens with two attached hydrogens (primary N) is 2. The first kappa shape index (κ1) is 24.4. The summed E-state index contributed by atoms with van der Waals surface area (Å²) < 4.78 is 86.1. The highest BCUT2D eigenvalue weighted by molar-refractivity contribution is 5.85. The Morgan fingerprint density at radius 1 is 0.568 bits per heavy atom. The van der Waals surface area contributed by atoms with Crippen molar-refractivity contribution in [3.63, 3.8) is 0 Å². The minimum absolute atomic E-state index is 0.318. The number of anilines is 4. The number of hydrogen-bond acceptors (Lipinski definition) is 4. The Balaban J connectivity index is 1.54. The second kappa shape index (κ2) is 8.36. The average molecular weight is 515 g/mol. The van der Waals surface area contributed by atoms with E-state index in [1.807, 2.05) is 0 Å². The highest BCUT2D eigenvalue weighted by Gasteiger charge is 2.34. The van der Waals surface area contributed by atoms with Crippen molar-refractivity contribution in [2.45, 2.75) is 12.4 Å². The van der Waals surface area contributed by atoms with E-state index in [4.69, 9.17) is 16.2 Å². The molecule has 1 heterocycles. The molecule has 1 aliphatic rings. The van der Waals surface area contributed by atoms with E-state index in [9.17, 15) is 26.3 Å². The van der Waals surface area contributed by atoms with Gasteiger partial charge in [0.2, 0.25) is 0 Å². The van der Waals surface area contributed by atoms with E-state index in [0.29, 0.717) is 45.1 Å². The maximum Gasteiger partial charge on any atom is 0.418 e. The summed E-state index contributed by atoms with van der Waals surface area (Å²) in [6.45, 7) is 0. The molecule has 4 N–H and O–H groups in total. The van der Waals surface area contributed by atoms with Crippen molar-refractivity contribution in [2.75, 3.05) is 23.4 Å². The van der Waals surface area contributed by atoms with Crippen LogP contribution in [-0.4, -0.2) is 7.05 Å². The molecular formula is C27H19F6N3O. The van der Waals surface area contributed by atoms with Gasteiger partial charge in [-0.05, 0) is 70.8 Å². The molecule has 4 aromatic rings. The van der Waals surface area contributed by atoms with Gasteiger partial charge in [-0.2, -0.15) is 26.3 Å². The SMILES string of the molecule is CN1c2cc(-c3ccc(N)c(C(F)(F)F)c3)ccc2Oc2ccc(-c3ccc(N)c(C(F)(F)F)c3)cc21. The predicted molar refractivity (Wildman–Crippen MR) is 131 cm³/mol. The molecule has 4 nitrogen and oxygen atoms in total. The quantitative estimate of drug-likeness (QED) is 0.209. The third kappa shape index (κ3) is 4.39. The van der Waals surface area contributed by atoms with Crippen LogP contribution in [0, 0.1) is 0 Å². The first-order chi connectivity index (χ1) is 17.3. The third-order valence-corrected chi connectivity index (χ3v) is 6.24. The van der Waals surface area contributed by atoms with Crippen molar-refractivity contribution in [2.24, 2.45) is 0 Å². The van der Waals surface area contributed by atoms with Crippen LogP contribution >= 0.6 is 0 Å². The Bertz CT molecular complexity index is 1420. The fourth-order valence-corrected chi connectivity index (χ4v) is 4.30. The van der Waals surface area contributed by atoms with E-state index in [-0.39, 0.29) is 11.4 Å². The summed E-state index contributed by atoms with van der Waals surface area (Å²) in [5.41, 5.74) is 11.3. The van der Waals surface area contributed by atoms with Gasteiger partial charge in [-0.25, -0.2) is 0 Å². The summed E-state index contributed by atoms with van der Waals surface area (Å²) in [5.74, 6) is 0.953. The van der Waals surface area contributed by atoms with Crippen LogP contribution in [0.2, 0.25) is 0 Å². The van der Waals surface area contributed by atoms with Crippen LogP contribution in [0.15, 0.2) is 72.8 Å². The van der Waals surface area contributed by atoms with E-state index >= 15 is 0 Å². The predicted octanol–water partition coefficient (Wildman–Crippen LogP) is 8.10. The van der Waals surface area contributed by atoms with E-state index in [1.54, 1.807) is 48.3 Å². The normalized spacial score (nSPS) is 13.1. The lowest BCUT2D eigenvalue weighted by molar-refractivity contribution is -0.137. The molecule has 0 saturated heterocycles. The van der Waals surface area contributed by atoms with Gasteiger partial charge in [-0.3, -0.25) is 0 Å². The minimum Gasteiger partial charge on any atom is -0.453 e. The molecule has 0 amide bonds. The average Bonchev–Trinajstić information content (AvgIpc) is 2.83. The molecule has 37 heavy (non-hydrogen) atoms. The van der Waals surface area contributed by atoms with Crippen LogP contribution in [0.25, 0.3) is 22.3 Å². The zero-order chi connectivity index (χ0) is 26.7. The van der Waals surface area contributed by atoms with Crippen molar-refractivity contribution in [1.82, 2.24) is 0 Å². The van der Waals surface area contributed by atoms with Crippen molar-refractivity contribution in [1.29, 1.82) is 0 Å². The van der Waals surface area contributed by atoms with Gasteiger partial charge in [0.1, 0.15) is 0 Å². The summed E-state index contributed by atoms with van der Waals surface area (Å²) >= 11 is 0. The highest BCUT2D eigenvalue weighted by atomic mass is 19.4. The standard InChI is InChI=1S/C27H19F6N3O/c1-36-22-12-16(14-2-6-20(34)18(10-14)26(28,29)30)4-8-24(22)37-25-9-5-17(13-23(25)36)15-3-7-21(35)19(11-15)27(31,32)33/h2-13H,34-35H2,1H3. The first-order valence-corrected chi connectivity index (χ1v) is 11.0. The molecule has 5 rings (SSSR count). The number of alkyl halides is 6. The fourth-order valence-electron chi connectivity index (χ4n) is 4.30. The number of nitrogen functional groups attached to an aromatic ring is 2. The molecule has 0 fully saturated rings. The van der Waals surface area contributed by atoms with Gasteiger partial charge in [0.25, 0.3) is 0 Å². The largest absolute Gasteiger partial charge is 0.453 e. The number of benzene rings is 4. The van der Waals surface area contributed by atoms with Gasteiger partial charge in [0.15, 0.2) is 11.5 Å². The van der Waals surface area contributed by atoms with Crippen molar-refractivity contribution < 1.29 is 31.1 Å². The van der Waals surface area contributed by atoms with E-state index in [2.05, 4.69) is 0 Å². The zero-order valence-electron chi connectivity index (χ0n) is 19.2. The summed E-state index contributed by atoms with van der Waals surface area (Å²) in [6.07, 6.45) is -9.20. The Labute approximate surface area is 207 Å². The summed E-state index contributed by atoms with van der Waals surface area (Å²) in [7, 11) is 1.74. The van der Waals surface area contributed by atoms with Gasteiger partial charge in [0.05, 0.1) is 22.5 Å². The van der Waals surface area contributed by atoms with Crippen LogP contribution in [0.5, 0.6) is 11.5 Å². The first-order valence-electron chi connectivity index (χ1n) is 11.0. The Morgan fingerprint density at radius 2 is 0.919 bits per heavy atom. The topological polar surface area (TPSA) is 64.5 Å². The van der Waals surface area contributed by atoms with Crippen molar-refractivity contribution in [3.05, 3.63) is 83.9 Å². The van der Waals surface area contributed by atoms with Gasteiger partial charge < -0.3 is 21.1 Å². The Morgan fingerprint density at radius 3 is 1.30 bits per heavy atom. The molecule has 0 aromatic heterocycles. The zero-order valence-corrected chi connectivity index (χ0v) is 19.2. The molecule has 4 aromatic carbocycles. The molecule has 1 aliphatic heterocycles. The van der Waals surface area contributed by atoms with E-state index < -0.39 is 23.5 Å². The molecule has 190 valence electrons. The molecule has 0 bridgehead atoms. The molecule has 0 atom stereocenters. The number of fused-ring (bicyclic) bond motifs is 2. The minimum atomic E-state index is -4.60. The molecule has 0 aliphatic carbocycles. The van der Waals surface area contributed by atoms with Crippen molar-refractivity contribution >= 4 is 22.7 Å². The highest BCUT2D eigenvalue weighted by Crippen LogP contribution is 2.49. The van der Waals surface area contributed by atoms with Crippen LogP contribution in [0.1, 0.15) is 11.1 Å². The summed E-state index contributed by atoms with van der Waals surface area (Å²) in [4.78, 5) is 1.77. The molecule has 0 unspecified atom stereocenters. The van der Waals surface area contributed by atoms with E-state index in [0.717, 1.165) is 12.1 Å². The molecular weight excluding hydrogens is 496 g/mol.